The van der Waals surface area contributed by atoms with Gasteiger partial charge in [-0.25, -0.2) is 9.07 Å². The molecule has 0 saturated heterocycles. The molecule has 0 spiro atoms. The molecule has 0 aliphatic carbocycles. The first-order valence-electron chi connectivity index (χ1n) is 8.33. The molecule has 0 radical (unpaired) electrons. The van der Waals surface area contributed by atoms with E-state index in [0.29, 0.717) is 12.3 Å². The number of carbonyl (C=O) groups is 1. The van der Waals surface area contributed by atoms with Crippen LogP contribution in [-0.4, -0.2) is 34.2 Å². The van der Waals surface area contributed by atoms with E-state index in [0.717, 1.165) is 11.3 Å². The van der Waals surface area contributed by atoms with Crippen LogP contribution in [0.4, 0.5) is 4.39 Å². The van der Waals surface area contributed by atoms with E-state index in [-0.39, 0.29) is 24.8 Å². The number of hydrogen-bond acceptors (Lipinski definition) is 3. The van der Waals surface area contributed by atoms with Gasteiger partial charge in [-0.2, -0.15) is 5.10 Å². The van der Waals surface area contributed by atoms with Gasteiger partial charge in [-0.3, -0.25) is 4.79 Å². The average molecular weight is 353 g/mol. The summed E-state index contributed by atoms with van der Waals surface area (Å²) in [5.74, 6) is 0.203. The number of carbonyl (C=O) groups excluding carboxylic acids is 1. The summed E-state index contributed by atoms with van der Waals surface area (Å²) < 4.78 is 20.1. The molecule has 0 unspecified atom stereocenters. The Morgan fingerprint density at radius 2 is 1.88 bits per heavy atom. The van der Waals surface area contributed by atoms with Gasteiger partial charge in [0.2, 0.25) is 5.91 Å². The summed E-state index contributed by atoms with van der Waals surface area (Å²) in [6, 6.07) is 15.5. The molecule has 2 aromatic carbocycles. The van der Waals surface area contributed by atoms with E-state index in [4.69, 9.17) is 4.74 Å². The molecule has 1 heterocycles. The van der Waals surface area contributed by atoms with Gasteiger partial charge in [0.15, 0.2) is 0 Å². The first-order valence-corrected chi connectivity index (χ1v) is 8.33. The zero-order valence-electron chi connectivity index (χ0n) is 14.5. The van der Waals surface area contributed by atoms with Crippen molar-refractivity contribution >= 4 is 5.91 Å². The Balaban J connectivity index is 1.48. The van der Waals surface area contributed by atoms with Crippen LogP contribution >= 0.6 is 0 Å². The van der Waals surface area contributed by atoms with Gasteiger partial charge < -0.3 is 9.64 Å². The third kappa shape index (κ3) is 4.69. The maximum Gasteiger partial charge on any atom is 0.226 e. The molecule has 5 nitrogen and oxygen atoms in total. The van der Waals surface area contributed by atoms with Crippen LogP contribution in [0.5, 0.6) is 5.75 Å². The highest BCUT2D eigenvalue weighted by molar-refractivity contribution is 5.76. The summed E-state index contributed by atoms with van der Waals surface area (Å²) in [6.07, 6.45) is 3.92. The molecule has 1 aromatic heterocycles. The third-order valence-electron chi connectivity index (χ3n) is 3.90. The molecule has 0 aliphatic rings. The van der Waals surface area contributed by atoms with Crippen molar-refractivity contribution in [1.29, 1.82) is 0 Å². The second kappa shape index (κ2) is 8.29. The first kappa shape index (κ1) is 17.7. The Kier molecular flexibility index (Phi) is 5.63. The van der Waals surface area contributed by atoms with Crippen molar-refractivity contribution < 1.29 is 13.9 Å². The third-order valence-corrected chi connectivity index (χ3v) is 3.90. The predicted molar refractivity (Wildman–Crippen MR) is 96.6 cm³/mol. The molecule has 0 aliphatic heterocycles. The van der Waals surface area contributed by atoms with E-state index in [1.807, 2.05) is 36.5 Å². The number of hydrogen-bond donors (Lipinski definition) is 0. The SMILES string of the molecule is CN(Cc1cnn(-c2ccccc2)c1)C(=O)CCOc1ccc(F)cc1. The number of aromatic nitrogens is 2. The summed E-state index contributed by atoms with van der Waals surface area (Å²) in [6.45, 7) is 0.723. The van der Waals surface area contributed by atoms with Gasteiger partial charge >= 0.3 is 0 Å². The Bertz CT molecular complexity index is 847. The Morgan fingerprint density at radius 1 is 1.15 bits per heavy atom. The fourth-order valence-corrected chi connectivity index (χ4v) is 2.50. The Labute approximate surface area is 151 Å². The van der Waals surface area contributed by atoms with Gasteiger partial charge in [-0.05, 0) is 36.4 Å². The molecule has 6 heteroatoms. The highest BCUT2D eigenvalue weighted by atomic mass is 19.1. The van der Waals surface area contributed by atoms with Crippen LogP contribution in [0.1, 0.15) is 12.0 Å². The van der Waals surface area contributed by atoms with Crippen molar-refractivity contribution in [2.75, 3.05) is 13.7 Å². The quantitative estimate of drug-likeness (QED) is 0.654. The first-order chi connectivity index (χ1) is 12.6. The van der Waals surface area contributed by atoms with E-state index in [1.54, 1.807) is 35.0 Å². The minimum atomic E-state index is -0.316. The van der Waals surface area contributed by atoms with Crippen LogP contribution in [0.25, 0.3) is 5.69 Å². The molecule has 134 valence electrons. The normalized spacial score (nSPS) is 10.5. The van der Waals surface area contributed by atoms with Crippen molar-refractivity contribution in [3.05, 3.63) is 78.4 Å². The monoisotopic (exact) mass is 353 g/mol. The summed E-state index contributed by atoms with van der Waals surface area (Å²) in [5.41, 5.74) is 1.92. The van der Waals surface area contributed by atoms with Crippen molar-refractivity contribution in [3.63, 3.8) is 0 Å². The largest absolute Gasteiger partial charge is 0.493 e. The smallest absolute Gasteiger partial charge is 0.226 e. The minimum absolute atomic E-state index is 0.0282. The van der Waals surface area contributed by atoms with Crippen molar-refractivity contribution in [2.24, 2.45) is 0 Å². The predicted octanol–water partition coefficient (Wildman–Crippen LogP) is 3.44. The minimum Gasteiger partial charge on any atom is -0.493 e. The van der Waals surface area contributed by atoms with E-state index >= 15 is 0 Å². The maximum atomic E-state index is 12.8. The molecule has 3 aromatic rings. The number of rotatable bonds is 7. The highest BCUT2D eigenvalue weighted by Gasteiger charge is 2.11. The molecule has 0 fully saturated rings. The maximum absolute atomic E-state index is 12.8. The summed E-state index contributed by atoms with van der Waals surface area (Å²) in [5, 5.41) is 4.33. The molecule has 1 amide bonds. The van der Waals surface area contributed by atoms with Crippen molar-refractivity contribution in [2.45, 2.75) is 13.0 Å². The van der Waals surface area contributed by atoms with E-state index in [9.17, 15) is 9.18 Å². The number of amides is 1. The van der Waals surface area contributed by atoms with Gasteiger partial charge in [0, 0.05) is 25.4 Å². The topological polar surface area (TPSA) is 47.4 Å². The van der Waals surface area contributed by atoms with Gasteiger partial charge in [0.1, 0.15) is 11.6 Å². The van der Waals surface area contributed by atoms with Crippen LogP contribution in [0.3, 0.4) is 0 Å². The molecule has 26 heavy (non-hydrogen) atoms. The molecule has 0 N–H and O–H groups in total. The van der Waals surface area contributed by atoms with Crippen LogP contribution < -0.4 is 4.74 Å². The zero-order valence-corrected chi connectivity index (χ0v) is 14.5. The molecule has 3 rings (SSSR count). The molecule has 0 saturated carbocycles. The van der Waals surface area contributed by atoms with Crippen LogP contribution in [0.2, 0.25) is 0 Å². The number of nitrogens with zero attached hydrogens (tertiary/aromatic N) is 3. The lowest BCUT2D eigenvalue weighted by molar-refractivity contribution is -0.130. The van der Waals surface area contributed by atoms with E-state index in [2.05, 4.69) is 5.10 Å². The van der Waals surface area contributed by atoms with Crippen LogP contribution in [0.15, 0.2) is 67.0 Å². The standard InChI is InChI=1S/C20H20FN3O2/c1-23(20(25)11-12-26-19-9-7-17(21)8-10-19)14-16-13-22-24(15-16)18-5-3-2-4-6-18/h2-10,13,15H,11-12,14H2,1H3. The number of halogens is 1. The average Bonchev–Trinajstić information content (AvgIpc) is 3.12. The van der Waals surface area contributed by atoms with Crippen molar-refractivity contribution in [1.82, 2.24) is 14.7 Å². The van der Waals surface area contributed by atoms with Crippen molar-refractivity contribution in [3.8, 4) is 11.4 Å². The fraction of sp³-hybridized carbons (Fsp3) is 0.200. The summed E-state index contributed by atoms with van der Waals surface area (Å²) in [4.78, 5) is 13.9. The Hall–Kier alpha value is -3.15. The number of benzene rings is 2. The highest BCUT2D eigenvalue weighted by Crippen LogP contribution is 2.12. The lowest BCUT2D eigenvalue weighted by Gasteiger charge is -2.16. The van der Waals surface area contributed by atoms with Gasteiger partial charge in [0.05, 0.1) is 24.9 Å². The zero-order chi connectivity index (χ0) is 18.4. The molecular formula is C20H20FN3O2. The summed E-state index contributed by atoms with van der Waals surface area (Å²) >= 11 is 0. The van der Waals surface area contributed by atoms with Crippen LogP contribution in [-0.2, 0) is 11.3 Å². The number of para-hydroxylation sites is 1. The second-order valence-corrected chi connectivity index (χ2v) is 5.93. The van der Waals surface area contributed by atoms with Gasteiger partial charge in [-0.1, -0.05) is 18.2 Å². The second-order valence-electron chi connectivity index (χ2n) is 5.93. The molecule has 0 atom stereocenters. The lowest BCUT2D eigenvalue weighted by atomic mass is 10.3. The van der Waals surface area contributed by atoms with E-state index in [1.165, 1.54) is 12.1 Å². The molecular weight excluding hydrogens is 333 g/mol. The lowest BCUT2D eigenvalue weighted by Crippen LogP contribution is -2.27. The van der Waals surface area contributed by atoms with E-state index < -0.39 is 0 Å². The summed E-state index contributed by atoms with van der Waals surface area (Å²) in [7, 11) is 1.75. The van der Waals surface area contributed by atoms with Gasteiger partial charge in [0.25, 0.3) is 0 Å². The van der Waals surface area contributed by atoms with Crippen LogP contribution in [0, 0.1) is 5.82 Å². The molecule has 0 bridgehead atoms. The van der Waals surface area contributed by atoms with Gasteiger partial charge in [-0.15, -0.1) is 0 Å². The number of ether oxygens (including phenoxy) is 1. The Morgan fingerprint density at radius 3 is 2.62 bits per heavy atom. The fourth-order valence-electron chi connectivity index (χ4n) is 2.50.